The summed E-state index contributed by atoms with van der Waals surface area (Å²) >= 11 is 0. The predicted molar refractivity (Wildman–Crippen MR) is 64.7 cm³/mol. The van der Waals surface area contributed by atoms with Crippen molar-refractivity contribution < 1.29 is 14.3 Å². The van der Waals surface area contributed by atoms with Crippen LogP contribution in [-0.2, 0) is 4.79 Å². The van der Waals surface area contributed by atoms with Gasteiger partial charge in [0, 0.05) is 13.2 Å². The summed E-state index contributed by atoms with van der Waals surface area (Å²) in [7, 11) is 0. The molecule has 0 saturated heterocycles. The topological polar surface area (TPSA) is 73.1 Å². The van der Waals surface area contributed by atoms with Gasteiger partial charge in [-0.25, -0.2) is 4.39 Å². The van der Waals surface area contributed by atoms with E-state index in [1.54, 1.807) is 6.07 Å². The molecule has 0 aromatic heterocycles. The van der Waals surface area contributed by atoms with Gasteiger partial charge in [-0.1, -0.05) is 12.1 Å². The number of nitrogens with zero attached hydrogens (tertiary/aromatic N) is 1. The van der Waals surface area contributed by atoms with Gasteiger partial charge in [0.05, 0.1) is 0 Å². The van der Waals surface area contributed by atoms with Gasteiger partial charge >= 0.3 is 0 Å². The third-order valence-electron chi connectivity index (χ3n) is 2.17. The number of carbonyl (C=O) groups excluding carboxylic acids is 1. The molecule has 0 spiro atoms. The van der Waals surface area contributed by atoms with Crippen molar-refractivity contribution in [3.63, 3.8) is 0 Å². The molecule has 0 fully saturated rings. The molecule has 94 valence electrons. The summed E-state index contributed by atoms with van der Waals surface area (Å²) in [5.41, 5.74) is 0.518. The fourth-order valence-corrected chi connectivity index (χ4v) is 1.25. The molecule has 1 rings (SSSR count). The first kappa shape index (κ1) is 13.9. The monoisotopic (exact) mass is 248 g/mol. The molecule has 0 heterocycles. The molecule has 1 amide bonds. The Hall–Kier alpha value is -2.19. The minimum Gasteiger partial charge on any atom is -0.396 e. The van der Waals surface area contributed by atoms with Crippen LogP contribution in [0.5, 0.6) is 0 Å². The first-order valence-corrected chi connectivity index (χ1v) is 5.44. The smallest absolute Gasteiger partial charge is 0.261 e. The predicted octanol–water partition coefficient (Wildman–Crippen LogP) is 1.23. The quantitative estimate of drug-likeness (QED) is 0.467. The molecule has 5 heteroatoms. The van der Waals surface area contributed by atoms with Crippen molar-refractivity contribution in [1.29, 1.82) is 5.26 Å². The first-order chi connectivity index (χ1) is 8.67. The van der Waals surface area contributed by atoms with E-state index in [0.29, 0.717) is 18.5 Å². The number of nitrogens with one attached hydrogen (secondary N) is 1. The van der Waals surface area contributed by atoms with E-state index in [0.717, 1.165) is 0 Å². The normalized spacial score (nSPS) is 10.8. The van der Waals surface area contributed by atoms with E-state index in [9.17, 15) is 9.18 Å². The third kappa shape index (κ3) is 4.36. The van der Waals surface area contributed by atoms with Gasteiger partial charge < -0.3 is 10.4 Å². The molecule has 0 bridgehead atoms. The highest BCUT2D eigenvalue weighted by molar-refractivity contribution is 6.01. The van der Waals surface area contributed by atoms with Crippen LogP contribution in [-0.4, -0.2) is 24.2 Å². The molecule has 0 unspecified atom stereocenters. The van der Waals surface area contributed by atoms with Gasteiger partial charge in [0.2, 0.25) is 0 Å². The van der Waals surface area contributed by atoms with Gasteiger partial charge in [0.15, 0.2) is 0 Å². The third-order valence-corrected chi connectivity index (χ3v) is 2.17. The second-order valence-electron chi connectivity index (χ2n) is 3.55. The molecule has 1 aromatic rings. The number of aliphatic hydroxyl groups is 1. The van der Waals surface area contributed by atoms with Crippen LogP contribution in [0.25, 0.3) is 6.08 Å². The van der Waals surface area contributed by atoms with Crippen molar-refractivity contribution in [2.45, 2.75) is 6.42 Å². The standard InChI is InChI=1S/C13H13FN2O2/c14-12-4-2-10(3-5-12)8-11(9-15)13(18)16-6-1-7-17/h2-5,8,17H,1,6-7H2,(H,16,18)/b11-8+. The lowest BCUT2D eigenvalue weighted by molar-refractivity contribution is -0.117. The molecule has 0 aliphatic carbocycles. The highest BCUT2D eigenvalue weighted by Gasteiger charge is 2.07. The van der Waals surface area contributed by atoms with Crippen molar-refractivity contribution in [3.8, 4) is 6.07 Å². The average molecular weight is 248 g/mol. The zero-order valence-corrected chi connectivity index (χ0v) is 9.69. The Morgan fingerprint density at radius 3 is 2.67 bits per heavy atom. The molecule has 1 aromatic carbocycles. The van der Waals surface area contributed by atoms with E-state index in [1.807, 2.05) is 0 Å². The number of amides is 1. The summed E-state index contributed by atoms with van der Waals surface area (Å²) in [4.78, 5) is 11.6. The molecule has 0 aliphatic rings. The Kier molecular flexibility index (Phi) is 5.55. The molecule has 0 aliphatic heterocycles. The minimum atomic E-state index is -0.504. The van der Waals surface area contributed by atoms with Crippen molar-refractivity contribution >= 4 is 12.0 Å². The van der Waals surface area contributed by atoms with E-state index in [2.05, 4.69) is 5.32 Å². The Morgan fingerprint density at radius 2 is 2.11 bits per heavy atom. The zero-order valence-electron chi connectivity index (χ0n) is 9.69. The van der Waals surface area contributed by atoms with E-state index in [-0.39, 0.29) is 18.0 Å². The zero-order chi connectivity index (χ0) is 13.4. The number of carbonyl (C=O) groups is 1. The van der Waals surface area contributed by atoms with Crippen LogP contribution < -0.4 is 5.32 Å². The molecule has 0 radical (unpaired) electrons. The average Bonchev–Trinajstić information content (AvgIpc) is 2.38. The highest BCUT2D eigenvalue weighted by Crippen LogP contribution is 2.08. The molecule has 0 saturated carbocycles. The maximum absolute atomic E-state index is 12.7. The Balaban J connectivity index is 2.74. The summed E-state index contributed by atoms with van der Waals surface area (Å²) < 4.78 is 12.7. The van der Waals surface area contributed by atoms with Crippen LogP contribution in [0.15, 0.2) is 29.8 Å². The first-order valence-electron chi connectivity index (χ1n) is 5.44. The summed E-state index contributed by atoms with van der Waals surface area (Å²) in [6.07, 6.45) is 1.81. The molecule has 2 N–H and O–H groups in total. The largest absolute Gasteiger partial charge is 0.396 e. The van der Waals surface area contributed by atoms with Crippen molar-refractivity contribution in [3.05, 3.63) is 41.2 Å². The Bertz CT molecular complexity index is 475. The molecule has 0 atom stereocenters. The second kappa shape index (κ2) is 7.20. The highest BCUT2D eigenvalue weighted by atomic mass is 19.1. The van der Waals surface area contributed by atoms with Crippen molar-refractivity contribution in [1.82, 2.24) is 5.32 Å². The molecular formula is C13H13FN2O2. The summed E-state index contributed by atoms with van der Waals surface area (Å²) in [5, 5.41) is 19.9. The number of benzene rings is 1. The maximum atomic E-state index is 12.7. The lowest BCUT2D eigenvalue weighted by Crippen LogP contribution is -2.26. The number of halogens is 1. The number of rotatable bonds is 5. The van der Waals surface area contributed by atoms with Crippen LogP contribution >= 0.6 is 0 Å². The number of hydrogen-bond acceptors (Lipinski definition) is 3. The van der Waals surface area contributed by atoms with Crippen LogP contribution in [0.2, 0.25) is 0 Å². The van der Waals surface area contributed by atoms with Crippen LogP contribution in [0.4, 0.5) is 4.39 Å². The van der Waals surface area contributed by atoms with E-state index in [1.165, 1.54) is 30.3 Å². The van der Waals surface area contributed by atoms with Gasteiger partial charge in [-0.3, -0.25) is 4.79 Å². The fraction of sp³-hybridized carbons (Fsp3) is 0.231. The number of hydrogen-bond donors (Lipinski definition) is 2. The van der Waals surface area contributed by atoms with Crippen LogP contribution in [0.1, 0.15) is 12.0 Å². The summed E-state index contributed by atoms with van der Waals surface area (Å²) in [6.45, 7) is 0.279. The second-order valence-corrected chi connectivity index (χ2v) is 3.55. The lowest BCUT2D eigenvalue weighted by atomic mass is 10.1. The van der Waals surface area contributed by atoms with Crippen LogP contribution in [0.3, 0.4) is 0 Å². The fourth-order valence-electron chi connectivity index (χ4n) is 1.25. The molecule has 4 nitrogen and oxygen atoms in total. The van der Waals surface area contributed by atoms with E-state index < -0.39 is 5.91 Å². The maximum Gasteiger partial charge on any atom is 0.261 e. The van der Waals surface area contributed by atoms with Crippen molar-refractivity contribution in [2.24, 2.45) is 0 Å². The number of aliphatic hydroxyl groups excluding tert-OH is 1. The Morgan fingerprint density at radius 1 is 1.44 bits per heavy atom. The van der Waals surface area contributed by atoms with Crippen LogP contribution in [0, 0.1) is 17.1 Å². The van der Waals surface area contributed by atoms with Gasteiger partial charge in [0.25, 0.3) is 5.91 Å². The summed E-state index contributed by atoms with van der Waals surface area (Å²) in [5.74, 6) is -0.881. The Labute approximate surface area is 104 Å². The number of nitriles is 1. The molecule has 18 heavy (non-hydrogen) atoms. The minimum absolute atomic E-state index is 0.0240. The van der Waals surface area contributed by atoms with Gasteiger partial charge in [-0.15, -0.1) is 0 Å². The van der Waals surface area contributed by atoms with Crippen molar-refractivity contribution in [2.75, 3.05) is 13.2 Å². The van der Waals surface area contributed by atoms with Gasteiger partial charge in [0.1, 0.15) is 17.5 Å². The lowest BCUT2D eigenvalue weighted by Gasteiger charge is -2.02. The van der Waals surface area contributed by atoms with Gasteiger partial charge in [-0.05, 0) is 30.2 Å². The summed E-state index contributed by atoms with van der Waals surface area (Å²) in [6, 6.07) is 7.25. The van der Waals surface area contributed by atoms with Gasteiger partial charge in [-0.2, -0.15) is 5.26 Å². The molecular weight excluding hydrogens is 235 g/mol. The van der Waals surface area contributed by atoms with E-state index >= 15 is 0 Å². The van der Waals surface area contributed by atoms with E-state index in [4.69, 9.17) is 10.4 Å². The SMILES string of the molecule is N#C/C(=C\c1ccc(F)cc1)C(=O)NCCCO.